The normalized spacial score (nSPS) is 18.1. The summed E-state index contributed by atoms with van der Waals surface area (Å²) in [7, 11) is 0. The van der Waals surface area contributed by atoms with Gasteiger partial charge >= 0.3 is 5.97 Å². The maximum absolute atomic E-state index is 11.2. The third kappa shape index (κ3) is 2.84. The highest BCUT2D eigenvalue weighted by Crippen LogP contribution is 2.37. The van der Waals surface area contributed by atoms with Gasteiger partial charge in [0.25, 0.3) is 0 Å². The Hall–Kier alpha value is -1.51. The molecule has 0 bridgehead atoms. The Bertz CT molecular complexity index is 424. The molecule has 0 aromatic heterocycles. The van der Waals surface area contributed by atoms with Gasteiger partial charge in [-0.2, -0.15) is 0 Å². The molecule has 1 aromatic rings. The fraction of sp³-hybridized carbons (Fsp3) is 0.533. The molecule has 0 saturated heterocycles. The second kappa shape index (κ2) is 5.42. The van der Waals surface area contributed by atoms with Crippen molar-refractivity contribution < 1.29 is 14.6 Å². The van der Waals surface area contributed by atoms with Crippen molar-refractivity contribution in [1.29, 1.82) is 0 Å². The molecule has 3 heteroatoms. The number of carboxylic acids is 1. The summed E-state index contributed by atoms with van der Waals surface area (Å²) in [4.78, 5) is 11.2. The van der Waals surface area contributed by atoms with E-state index in [9.17, 15) is 9.90 Å². The second-order valence-electron chi connectivity index (χ2n) is 5.06. The zero-order valence-corrected chi connectivity index (χ0v) is 10.9. The van der Waals surface area contributed by atoms with Gasteiger partial charge in [0.1, 0.15) is 5.75 Å². The molecule has 1 fully saturated rings. The molecule has 0 radical (unpaired) electrons. The zero-order chi connectivity index (χ0) is 13.1. The highest BCUT2D eigenvalue weighted by molar-refractivity contribution is 5.73. The van der Waals surface area contributed by atoms with Crippen LogP contribution in [0.5, 0.6) is 5.75 Å². The minimum atomic E-state index is -0.851. The summed E-state index contributed by atoms with van der Waals surface area (Å²) in [5, 5.41) is 9.21. The molecular formula is C15H20O3. The van der Waals surface area contributed by atoms with E-state index in [0.717, 1.165) is 30.6 Å². The van der Waals surface area contributed by atoms with Crippen molar-refractivity contribution in [3.05, 3.63) is 29.8 Å². The predicted molar refractivity (Wildman–Crippen MR) is 69.9 cm³/mol. The molecule has 2 rings (SSSR count). The SMILES string of the molecule is CCC(C)c1ccccc1OC(C(=O)O)C1CC1. The van der Waals surface area contributed by atoms with Crippen molar-refractivity contribution in [3.63, 3.8) is 0 Å². The van der Waals surface area contributed by atoms with E-state index in [0.29, 0.717) is 5.92 Å². The first-order valence-corrected chi connectivity index (χ1v) is 6.61. The van der Waals surface area contributed by atoms with Gasteiger partial charge in [0.15, 0.2) is 6.10 Å². The topological polar surface area (TPSA) is 46.5 Å². The van der Waals surface area contributed by atoms with E-state index in [1.54, 1.807) is 0 Å². The van der Waals surface area contributed by atoms with E-state index in [4.69, 9.17) is 4.74 Å². The van der Waals surface area contributed by atoms with Gasteiger partial charge in [0, 0.05) is 5.92 Å². The average molecular weight is 248 g/mol. The van der Waals surface area contributed by atoms with Gasteiger partial charge in [0.2, 0.25) is 0 Å². The third-order valence-electron chi connectivity index (χ3n) is 3.61. The Kier molecular flexibility index (Phi) is 3.90. The summed E-state index contributed by atoms with van der Waals surface area (Å²) in [5.41, 5.74) is 1.10. The van der Waals surface area contributed by atoms with Crippen LogP contribution in [0.25, 0.3) is 0 Å². The molecule has 1 aliphatic carbocycles. The van der Waals surface area contributed by atoms with E-state index in [1.807, 2.05) is 24.3 Å². The molecule has 2 unspecified atom stereocenters. The summed E-state index contributed by atoms with van der Waals surface area (Å²) in [6.07, 6.45) is 2.25. The number of carboxylic acid groups (broad SMARTS) is 1. The maximum Gasteiger partial charge on any atom is 0.345 e. The minimum absolute atomic E-state index is 0.187. The van der Waals surface area contributed by atoms with Crippen molar-refractivity contribution in [1.82, 2.24) is 0 Å². The van der Waals surface area contributed by atoms with Crippen molar-refractivity contribution in [2.24, 2.45) is 5.92 Å². The first-order valence-electron chi connectivity index (χ1n) is 6.61. The quantitative estimate of drug-likeness (QED) is 0.838. The Labute approximate surface area is 108 Å². The van der Waals surface area contributed by atoms with Crippen LogP contribution in [-0.4, -0.2) is 17.2 Å². The van der Waals surface area contributed by atoms with Crippen molar-refractivity contribution >= 4 is 5.97 Å². The van der Waals surface area contributed by atoms with Crippen LogP contribution in [0.1, 0.15) is 44.6 Å². The minimum Gasteiger partial charge on any atom is -0.478 e. The average Bonchev–Trinajstić information content (AvgIpc) is 3.19. The molecule has 2 atom stereocenters. The molecule has 0 spiro atoms. The van der Waals surface area contributed by atoms with E-state index in [1.165, 1.54) is 0 Å². The van der Waals surface area contributed by atoms with Crippen LogP contribution in [0.2, 0.25) is 0 Å². The fourth-order valence-corrected chi connectivity index (χ4v) is 2.10. The maximum atomic E-state index is 11.2. The van der Waals surface area contributed by atoms with Crippen molar-refractivity contribution in [3.8, 4) is 5.75 Å². The molecule has 18 heavy (non-hydrogen) atoms. The van der Waals surface area contributed by atoms with E-state index in [-0.39, 0.29) is 5.92 Å². The van der Waals surface area contributed by atoms with Gasteiger partial charge in [-0.15, -0.1) is 0 Å². The third-order valence-corrected chi connectivity index (χ3v) is 3.61. The largest absolute Gasteiger partial charge is 0.478 e. The van der Waals surface area contributed by atoms with Crippen LogP contribution in [0.3, 0.4) is 0 Å². The second-order valence-corrected chi connectivity index (χ2v) is 5.06. The number of rotatable bonds is 6. The Morgan fingerprint density at radius 2 is 2.11 bits per heavy atom. The zero-order valence-electron chi connectivity index (χ0n) is 10.9. The van der Waals surface area contributed by atoms with Crippen LogP contribution in [-0.2, 0) is 4.79 Å². The van der Waals surface area contributed by atoms with Gasteiger partial charge in [-0.05, 0) is 36.8 Å². The smallest absolute Gasteiger partial charge is 0.345 e. The first kappa shape index (κ1) is 12.9. The number of para-hydroxylation sites is 1. The molecular weight excluding hydrogens is 228 g/mol. The summed E-state index contributed by atoms with van der Waals surface area (Å²) in [5.74, 6) is 0.449. The molecule has 1 aliphatic rings. The first-order chi connectivity index (χ1) is 8.63. The number of hydrogen-bond acceptors (Lipinski definition) is 2. The number of ether oxygens (including phenoxy) is 1. The molecule has 0 aliphatic heterocycles. The lowest BCUT2D eigenvalue weighted by atomic mass is 9.98. The van der Waals surface area contributed by atoms with Crippen LogP contribution in [0.15, 0.2) is 24.3 Å². The van der Waals surface area contributed by atoms with Crippen LogP contribution >= 0.6 is 0 Å². The van der Waals surface area contributed by atoms with E-state index >= 15 is 0 Å². The molecule has 1 N–H and O–H groups in total. The summed E-state index contributed by atoms with van der Waals surface area (Å²) in [6.45, 7) is 4.26. The Morgan fingerprint density at radius 1 is 1.44 bits per heavy atom. The van der Waals surface area contributed by atoms with Gasteiger partial charge in [-0.3, -0.25) is 0 Å². The highest BCUT2D eigenvalue weighted by Gasteiger charge is 2.38. The van der Waals surface area contributed by atoms with Crippen molar-refractivity contribution in [2.75, 3.05) is 0 Å². The van der Waals surface area contributed by atoms with Gasteiger partial charge < -0.3 is 9.84 Å². The van der Waals surface area contributed by atoms with Gasteiger partial charge in [0.05, 0.1) is 0 Å². The molecule has 0 heterocycles. The molecule has 0 amide bonds. The summed E-state index contributed by atoms with van der Waals surface area (Å²) in [6, 6.07) is 7.77. The lowest BCUT2D eigenvalue weighted by Crippen LogP contribution is -2.29. The standard InChI is InChI=1S/C15H20O3/c1-3-10(2)12-6-4-5-7-13(12)18-14(15(16)17)11-8-9-11/h4-7,10-11,14H,3,8-9H2,1-2H3,(H,16,17). The number of benzene rings is 1. The lowest BCUT2D eigenvalue weighted by molar-refractivity contribution is -0.146. The number of hydrogen-bond donors (Lipinski definition) is 1. The molecule has 1 aromatic carbocycles. The molecule has 1 saturated carbocycles. The number of aliphatic carboxylic acids is 1. The fourth-order valence-electron chi connectivity index (χ4n) is 2.10. The predicted octanol–water partition coefficient (Wildman–Crippen LogP) is 3.44. The monoisotopic (exact) mass is 248 g/mol. The van der Waals surface area contributed by atoms with Crippen LogP contribution in [0.4, 0.5) is 0 Å². The molecule has 98 valence electrons. The Morgan fingerprint density at radius 3 is 2.67 bits per heavy atom. The van der Waals surface area contributed by atoms with Crippen LogP contribution < -0.4 is 4.74 Å². The summed E-state index contributed by atoms with van der Waals surface area (Å²) < 4.78 is 5.75. The Balaban J connectivity index is 2.19. The van der Waals surface area contributed by atoms with E-state index < -0.39 is 12.1 Å². The van der Waals surface area contributed by atoms with Crippen molar-refractivity contribution in [2.45, 2.75) is 45.1 Å². The molecule has 3 nitrogen and oxygen atoms in total. The van der Waals surface area contributed by atoms with Gasteiger partial charge in [-0.25, -0.2) is 4.79 Å². The van der Waals surface area contributed by atoms with E-state index in [2.05, 4.69) is 13.8 Å². The van der Waals surface area contributed by atoms with Gasteiger partial charge in [-0.1, -0.05) is 32.0 Å². The lowest BCUT2D eigenvalue weighted by Gasteiger charge is -2.19. The number of carbonyl (C=O) groups is 1. The summed E-state index contributed by atoms with van der Waals surface area (Å²) >= 11 is 0. The van der Waals surface area contributed by atoms with Crippen LogP contribution in [0, 0.1) is 5.92 Å². The highest BCUT2D eigenvalue weighted by atomic mass is 16.5.